The van der Waals surface area contributed by atoms with Gasteiger partial charge in [0.05, 0.1) is 0 Å². The summed E-state index contributed by atoms with van der Waals surface area (Å²) in [5.41, 5.74) is 0.713. The molecule has 0 saturated heterocycles. The Morgan fingerprint density at radius 3 is 2.88 bits per heavy atom. The highest BCUT2D eigenvalue weighted by Crippen LogP contribution is 2.20. The van der Waals surface area contributed by atoms with E-state index in [1.165, 1.54) is 0 Å². The van der Waals surface area contributed by atoms with Gasteiger partial charge in [0.2, 0.25) is 0 Å². The molecule has 0 aliphatic rings. The Morgan fingerprint density at radius 1 is 1.35 bits per heavy atom. The number of furan rings is 1. The predicted molar refractivity (Wildman–Crippen MR) is 62.9 cm³/mol. The molecule has 2 heterocycles. The minimum Gasteiger partial charge on any atom is -0.452 e. The fourth-order valence-corrected chi connectivity index (χ4v) is 1.79. The lowest BCUT2D eigenvalue weighted by atomic mass is 10.2. The topological polar surface area (TPSA) is 48.0 Å². The molecule has 0 N–H and O–H groups in total. The molecule has 3 rings (SSSR count). The zero-order valence-electron chi connectivity index (χ0n) is 9.25. The highest BCUT2D eigenvalue weighted by molar-refractivity contribution is 6.06. The molecule has 0 atom stereocenters. The van der Waals surface area contributed by atoms with E-state index < -0.39 is 0 Å². The first-order valence-electron chi connectivity index (χ1n) is 5.26. The van der Waals surface area contributed by atoms with Crippen molar-refractivity contribution in [2.45, 2.75) is 0 Å². The van der Waals surface area contributed by atoms with Crippen molar-refractivity contribution < 1.29 is 9.21 Å². The number of aromatic nitrogens is 2. The minimum absolute atomic E-state index is 0.200. The van der Waals surface area contributed by atoms with Crippen LogP contribution < -0.4 is 0 Å². The van der Waals surface area contributed by atoms with E-state index in [0.717, 1.165) is 5.39 Å². The first-order valence-corrected chi connectivity index (χ1v) is 5.26. The molecule has 4 heteroatoms. The lowest BCUT2D eigenvalue weighted by Crippen LogP contribution is -2.07. The molecule has 2 aromatic heterocycles. The van der Waals surface area contributed by atoms with Gasteiger partial charge in [-0.25, -0.2) is 4.98 Å². The fraction of sp³-hybridized carbons (Fsp3) is 0.0769. The zero-order chi connectivity index (χ0) is 11.8. The number of carbonyl (C=O) groups is 1. The number of para-hydroxylation sites is 1. The Balaban J connectivity index is 2.10. The van der Waals surface area contributed by atoms with Gasteiger partial charge < -0.3 is 8.98 Å². The second kappa shape index (κ2) is 3.59. The average Bonchev–Trinajstić information content (AvgIpc) is 2.93. The van der Waals surface area contributed by atoms with Crippen LogP contribution in [0.4, 0.5) is 0 Å². The highest BCUT2D eigenvalue weighted by Gasteiger charge is 2.17. The molecule has 0 fully saturated rings. The van der Waals surface area contributed by atoms with Gasteiger partial charge >= 0.3 is 0 Å². The van der Waals surface area contributed by atoms with Crippen molar-refractivity contribution in [3.63, 3.8) is 0 Å². The van der Waals surface area contributed by atoms with Crippen LogP contribution in [0.5, 0.6) is 0 Å². The van der Waals surface area contributed by atoms with Crippen molar-refractivity contribution in [1.29, 1.82) is 0 Å². The van der Waals surface area contributed by atoms with Crippen LogP contribution in [0.25, 0.3) is 11.0 Å². The molecule has 4 nitrogen and oxygen atoms in total. The molecule has 0 bridgehead atoms. The average molecular weight is 226 g/mol. The third-order valence-corrected chi connectivity index (χ3v) is 2.67. The lowest BCUT2D eigenvalue weighted by Gasteiger charge is -1.96. The Morgan fingerprint density at radius 2 is 2.18 bits per heavy atom. The van der Waals surface area contributed by atoms with Crippen LogP contribution in [-0.4, -0.2) is 15.3 Å². The summed E-state index contributed by atoms with van der Waals surface area (Å²) in [5.74, 6) is 0.498. The van der Waals surface area contributed by atoms with Gasteiger partial charge in [-0.2, -0.15) is 0 Å². The second-order valence-corrected chi connectivity index (χ2v) is 3.84. The van der Waals surface area contributed by atoms with Crippen LogP contribution in [0, 0.1) is 0 Å². The molecular formula is C13H10N2O2. The summed E-state index contributed by atoms with van der Waals surface area (Å²) in [7, 11) is 1.78. The van der Waals surface area contributed by atoms with Gasteiger partial charge in [0.1, 0.15) is 5.58 Å². The van der Waals surface area contributed by atoms with Gasteiger partial charge in [-0.05, 0) is 12.1 Å². The Hall–Kier alpha value is -2.36. The SMILES string of the molecule is Cn1ccnc1C(=O)c1cc2ccccc2o1. The molecule has 0 aliphatic carbocycles. The van der Waals surface area contributed by atoms with E-state index in [4.69, 9.17) is 4.42 Å². The summed E-state index contributed by atoms with van der Waals surface area (Å²) >= 11 is 0. The molecule has 84 valence electrons. The van der Waals surface area contributed by atoms with Crippen LogP contribution in [0.15, 0.2) is 47.1 Å². The highest BCUT2D eigenvalue weighted by atomic mass is 16.3. The number of fused-ring (bicyclic) bond motifs is 1. The molecule has 0 aliphatic heterocycles. The Bertz CT molecular complexity index is 661. The predicted octanol–water partition coefficient (Wildman–Crippen LogP) is 2.40. The summed E-state index contributed by atoms with van der Waals surface area (Å²) in [5, 5.41) is 0.921. The van der Waals surface area contributed by atoms with E-state index in [0.29, 0.717) is 17.2 Å². The van der Waals surface area contributed by atoms with Crippen LogP contribution in [-0.2, 0) is 7.05 Å². The van der Waals surface area contributed by atoms with E-state index in [2.05, 4.69) is 4.98 Å². The number of imidazole rings is 1. The summed E-state index contributed by atoms with van der Waals surface area (Å²) in [6, 6.07) is 9.28. The maximum absolute atomic E-state index is 12.1. The molecule has 17 heavy (non-hydrogen) atoms. The number of hydrogen-bond acceptors (Lipinski definition) is 3. The Labute approximate surface area is 97.5 Å². The maximum Gasteiger partial charge on any atom is 0.263 e. The number of carbonyl (C=O) groups excluding carboxylic acids is 1. The van der Waals surface area contributed by atoms with Crippen molar-refractivity contribution in [3.05, 3.63) is 54.3 Å². The van der Waals surface area contributed by atoms with Crippen LogP contribution >= 0.6 is 0 Å². The van der Waals surface area contributed by atoms with Crippen LogP contribution in [0.3, 0.4) is 0 Å². The molecule has 0 spiro atoms. The smallest absolute Gasteiger partial charge is 0.263 e. The van der Waals surface area contributed by atoms with Crippen molar-refractivity contribution in [1.82, 2.24) is 9.55 Å². The van der Waals surface area contributed by atoms with Crippen LogP contribution in [0.2, 0.25) is 0 Å². The van der Waals surface area contributed by atoms with Gasteiger partial charge in [-0.15, -0.1) is 0 Å². The summed E-state index contributed by atoms with van der Waals surface area (Å²) in [6.07, 6.45) is 3.33. The van der Waals surface area contributed by atoms with Gasteiger partial charge in [-0.1, -0.05) is 18.2 Å². The van der Waals surface area contributed by atoms with Gasteiger partial charge in [0, 0.05) is 24.8 Å². The van der Waals surface area contributed by atoms with Crippen molar-refractivity contribution >= 4 is 16.8 Å². The molecule has 1 aromatic carbocycles. The molecule has 3 aromatic rings. The van der Waals surface area contributed by atoms with Gasteiger partial charge in [0.15, 0.2) is 11.6 Å². The summed E-state index contributed by atoms with van der Waals surface area (Å²) in [4.78, 5) is 16.1. The zero-order valence-corrected chi connectivity index (χ0v) is 9.25. The molecule has 0 amide bonds. The van der Waals surface area contributed by atoms with E-state index in [1.54, 1.807) is 30.1 Å². The first-order chi connectivity index (χ1) is 8.25. The molecule has 0 saturated carbocycles. The quantitative estimate of drug-likeness (QED) is 0.630. The van der Waals surface area contributed by atoms with E-state index >= 15 is 0 Å². The van der Waals surface area contributed by atoms with Crippen molar-refractivity contribution in [2.24, 2.45) is 7.05 Å². The number of nitrogens with zero attached hydrogens (tertiary/aromatic N) is 2. The van der Waals surface area contributed by atoms with E-state index in [1.807, 2.05) is 24.3 Å². The normalized spacial score (nSPS) is 10.9. The van der Waals surface area contributed by atoms with E-state index in [9.17, 15) is 4.79 Å². The van der Waals surface area contributed by atoms with Crippen LogP contribution in [0.1, 0.15) is 16.4 Å². The molecule has 0 radical (unpaired) electrons. The number of benzene rings is 1. The summed E-state index contributed by atoms with van der Waals surface area (Å²) in [6.45, 7) is 0. The molecule has 0 unspecified atom stereocenters. The van der Waals surface area contributed by atoms with Gasteiger partial charge in [-0.3, -0.25) is 4.79 Å². The number of hydrogen-bond donors (Lipinski definition) is 0. The first kappa shape index (κ1) is 9.84. The minimum atomic E-state index is -0.200. The number of ketones is 1. The third-order valence-electron chi connectivity index (χ3n) is 2.67. The summed E-state index contributed by atoms with van der Waals surface area (Å²) < 4.78 is 7.18. The van der Waals surface area contributed by atoms with Gasteiger partial charge in [0.25, 0.3) is 5.78 Å². The monoisotopic (exact) mass is 226 g/mol. The maximum atomic E-state index is 12.1. The standard InChI is InChI=1S/C13H10N2O2/c1-15-7-6-14-13(15)12(16)11-8-9-4-2-3-5-10(9)17-11/h2-8H,1H3. The third kappa shape index (κ3) is 1.54. The second-order valence-electron chi connectivity index (χ2n) is 3.84. The van der Waals surface area contributed by atoms with Crippen molar-refractivity contribution in [3.8, 4) is 0 Å². The number of aryl methyl sites for hydroxylation is 1. The fourth-order valence-electron chi connectivity index (χ4n) is 1.79. The number of rotatable bonds is 2. The van der Waals surface area contributed by atoms with E-state index in [-0.39, 0.29) is 5.78 Å². The lowest BCUT2D eigenvalue weighted by molar-refractivity contribution is 0.0998. The molecular weight excluding hydrogens is 216 g/mol. The largest absolute Gasteiger partial charge is 0.452 e. The Kier molecular flexibility index (Phi) is 2.08. The van der Waals surface area contributed by atoms with Crippen molar-refractivity contribution in [2.75, 3.05) is 0 Å².